The number of hydrogen-bond acceptors (Lipinski definition) is 4. The minimum atomic E-state index is 0.178. The zero-order valence-corrected chi connectivity index (χ0v) is 12.4. The largest absolute Gasteiger partial charge is 0.370 e. The van der Waals surface area contributed by atoms with Crippen molar-refractivity contribution in [2.75, 3.05) is 17.2 Å². The summed E-state index contributed by atoms with van der Waals surface area (Å²) >= 11 is 0. The van der Waals surface area contributed by atoms with Gasteiger partial charge in [-0.3, -0.25) is 0 Å². The van der Waals surface area contributed by atoms with Crippen LogP contribution in [0.5, 0.6) is 0 Å². The predicted molar refractivity (Wildman–Crippen MR) is 84.0 cm³/mol. The molecular formula is C16H22N4. The average molecular weight is 270 g/mol. The van der Waals surface area contributed by atoms with Gasteiger partial charge >= 0.3 is 0 Å². The monoisotopic (exact) mass is 270 g/mol. The van der Waals surface area contributed by atoms with Gasteiger partial charge in [0.15, 0.2) is 0 Å². The third kappa shape index (κ3) is 3.95. The number of nitrogens with zero attached hydrogens (tertiary/aromatic N) is 2. The van der Waals surface area contributed by atoms with Crippen molar-refractivity contribution in [1.29, 1.82) is 0 Å². The lowest BCUT2D eigenvalue weighted by atomic mass is 10.1. The molecule has 1 atom stereocenters. The van der Waals surface area contributed by atoms with Gasteiger partial charge in [-0.15, -0.1) is 0 Å². The summed E-state index contributed by atoms with van der Waals surface area (Å²) in [4.78, 5) is 8.95. The molecule has 4 heteroatoms. The van der Waals surface area contributed by atoms with Crippen molar-refractivity contribution in [2.24, 2.45) is 0 Å². The molecule has 2 N–H and O–H groups in total. The van der Waals surface area contributed by atoms with Crippen LogP contribution in [0.15, 0.2) is 36.4 Å². The normalized spacial score (nSPS) is 11.9. The Morgan fingerprint density at radius 2 is 1.90 bits per heavy atom. The second-order valence-corrected chi connectivity index (χ2v) is 4.92. The van der Waals surface area contributed by atoms with E-state index in [1.807, 2.05) is 31.2 Å². The summed E-state index contributed by atoms with van der Waals surface area (Å²) in [6.45, 7) is 7.15. The highest BCUT2D eigenvalue weighted by molar-refractivity contribution is 5.43. The van der Waals surface area contributed by atoms with E-state index in [1.165, 1.54) is 5.56 Å². The zero-order chi connectivity index (χ0) is 14.4. The highest BCUT2D eigenvalue weighted by atomic mass is 15.2. The van der Waals surface area contributed by atoms with E-state index in [0.29, 0.717) is 5.95 Å². The fraction of sp³-hybridized carbons (Fsp3) is 0.375. The molecule has 1 aromatic carbocycles. The van der Waals surface area contributed by atoms with E-state index in [9.17, 15) is 0 Å². The maximum absolute atomic E-state index is 4.50. The minimum absolute atomic E-state index is 0.178. The first-order chi connectivity index (χ1) is 9.69. The Morgan fingerprint density at radius 1 is 1.15 bits per heavy atom. The lowest BCUT2D eigenvalue weighted by Crippen LogP contribution is -2.11. The van der Waals surface area contributed by atoms with Crippen LogP contribution < -0.4 is 10.6 Å². The van der Waals surface area contributed by atoms with E-state index in [4.69, 9.17) is 0 Å². The van der Waals surface area contributed by atoms with E-state index in [0.717, 1.165) is 24.5 Å². The fourth-order valence-corrected chi connectivity index (χ4v) is 2.00. The van der Waals surface area contributed by atoms with Crippen LogP contribution in [0.2, 0.25) is 0 Å². The molecule has 0 aliphatic rings. The standard InChI is InChI=1S/C16H22N4/c1-4-10-17-15-11-12(2)18-16(20-15)19-13(3)14-8-6-5-7-9-14/h5-9,11,13H,4,10H2,1-3H3,(H2,17,18,19,20). The molecule has 0 aliphatic carbocycles. The highest BCUT2D eigenvalue weighted by Gasteiger charge is 2.08. The number of hydrogen-bond donors (Lipinski definition) is 2. The van der Waals surface area contributed by atoms with Gasteiger partial charge in [0.05, 0.1) is 6.04 Å². The predicted octanol–water partition coefficient (Wildman–Crippen LogP) is 3.78. The lowest BCUT2D eigenvalue weighted by Gasteiger charge is -2.15. The van der Waals surface area contributed by atoms with Crippen LogP contribution in [0.3, 0.4) is 0 Å². The molecule has 1 unspecified atom stereocenters. The van der Waals surface area contributed by atoms with Crippen LogP contribution in [0.4, 0.5) is 11.8 Å². The zero-order valence-electron chi connectivity index (χ0n) is 12.4. The molecule has 20 heavy (non-hydrogen) atoms. The highest BCUT2D eigenvalue weighted by Crippen LogP contribution is 2.18. The van der Waals surface area contributed by atoms with Crippen molar-refractivity contribution < 1.29 is 0 Å². The van der Waals surface area contributed by atoms with Gasteiger partial charge < -0.3 is 10.6 Å². The molecule has 2 aromatic rings. The minimum Gasteiger partial charge on any atom is -0.370 e. The van der Waals surface area contributed by atoms with Gasteiger partial charge in [0.25, 0.3) is 0 Å². The number of benzene rings is 1. The van der Waals surface area contributed by atoms with Crippen molar-refractivity contribution in [2.45, 2.75) is 33.2 Å². The number of nitrogens with one attached hydrogen (secondary N) is 2. The molecule has 1 aromatic heterocycles. The topological polar surface area (TPSA) is 49.8 Å². The molecule has 0 bridgehead atoms. The summed E-state index contributed by atoms with van der Waals surface area (Å²) in [6, 6.07) is 12.4. The Hall–Kier alpha value is -2.10. The van der Waals surface area contributed by atoms with E-state index < -0.39 is 0 Å². The molecule has 106 valence electrons. The number of anilines is 2. The van der Waals surface area contributed by atoms with Crippen molar-refractivity contribution in [1.82, 2.24) is 9.97 Å². The van der Waals surface area contributed by atoms with Crippen LogP contribution in [0.1, 0.15) is 37.6 Å². The van der Waals surface area contributed by atoms with E-state index in [1.54, 1.807) is 0 Å². The summed E-state index contributed by atoms with van der Waals surface area (Å²) in [6.07, 6.45) is 1.08. The Bertz CT molecular complexity index is 539. The van der Waals surface area contributed by atoms with Crippen molar-refractivity contribution >= 4 is 11.8 Å². The summed E-state index contributed by atoms with van der Waals surface area (Å²) in [7, 11) is 0. The van der Waals surface area contributed by atoms with Crippen LogP contribution >= 0.6 is 0 Å². The Morgan fingerprint density at radius 3 is 2.60 bits per heavy atom. The number of rotatable bonds is 6. The molecule has 0 amide bonds. The van der Waals surface area contributed by atoms with Crippen molar-refractivity contribution in [3.8, 4) is 0 Å². The molecular weight excluding hydrogens is 248 g/mol. The molecule has 0 aliphatic heterocycles. The maximum Gasteiger partial charge on any atom is 0.225 e. The van der Waals surface area contributed by atoms with Gasteiger partial charge in [-0.2, -0.15) is 4.98 Å². The molecule has 0 saturated heterocycles. The van der Waals surface area contributed by atoms with E-state index >= 15 is 0 Å². The molecule has 0 saturated carbocycles. The molecule has 0 spiro atoms. The molecule has 2 rings (SSSR count). The Balaban J connectivity index is 2.10. The SMILES string of the molecule is CCCNc1cc(C)nc(NC(C)c2ccccc2)n1. The second kappa shape index (κ2) is 6.89. The van der Waals surface area contributed by atoms with Crippen LogP contribution in [-0.2, 0) is 0 Å². The quantitative estimate of drug-likeness (QED) is 0.838. The van der Waals surface area contributed by atoms with Gasteiger partial charge in [-0.25, -0.2) is 4.98 Å². The first-order valence-corrected chi connectivity index (χ1v) is 7.10. The summed E-state index contributed by atoms with van der Waals surface area (Å²) < 4.78 is 0. The summed E-state index contributed by atoms with van der Waals surface area (Å²) in [5, 5.41) is 6.65. The van der Waals surface area contributed by atoms with Gasteiger partial charge in [0.1, 0.15) is 5.82 Å². The summed E-state index contributed by atoms with van der Waals surface area (Å²) in [5.74, 6) is 1.54. The third-order valence-electron chi connectivity index (χ3n) is 3.06. The Labute approximate surface area is 120 Å². The van der Waals surface area contributed by atoms with Gasteiger partial charge in [0.2, 0.25) is 5.95 Å². The number of aromatic nitrogens is 2. The molecule has 4 nitrogen and oxygen atoms in total. The first kappa shape index (κ1) is 14.3. The van der Waals surface area contributed by atoms with Crippen LogP contribution in [0, 0.1) is 6.92 Å². The fourth-order valence-electron chi connectivity index (χ4n) is 2.00. The second-order valence-electron chi connectivity index (χ2n) is 4.92. The maximum atomic E-state index is 4.50. The van der Waals surface area contributed by atoms with E-state index in [-0.39, 0.29) is 6.04 Å². The van der Waals surface area contributed by atoms with Crippen molar-refractivity contribution in [3.05, 3.63) is 47.7 Å². The van der Waals surface area contributed by atoms with Crippen LogP contribution in [-0.4, -0.2) is 16.5 Å². The smallest absolute Gasteiger partial charge is 0.225 e. The summed E-state index contributed by atoms with van der Waals surface area (Å²) in [5.41, 5.74) is 2.18. The number of aryl methyl sites for hydroxylation is 1. The first-order valence-electron chi connectivity index (χ1n) is 7.10. The molecule has 0 fully saturated rings. The molecule has 0 radical (unpaired) electrons. The third-order valence-corrected chi connectivity index (χ3v) is 3.06. The van der Waals surface area contributed by atoms with E-state index in [2.05, 4.69) is 46.6 Å². The van der Waals surface area contributed by atoms with Crippen molar-refractivity contribution in [3.63, 3.8) is 0 Å². The van der Waals surface area contributed by atoms with Gasteiger partial charge in [-0.05, 0) is 25.8 Å². The van der Waals surface area contributed by atoms with Gasteiger partial charge in [-0.1, -0.05) is 37.3 Å². The van der Waals surface area contributed by atoms with Gasteiger partial charge in [0, 0.05) is 18.3 Å². The molecule has 1 heterocycles. The Kier molecular flexibility index (Phi) is 4.93. The average Bonchev–Trinajstić information content (AvgIpc) is 2.45. The lowest BCUT2D eigenvalue weighted by molar-refractivity contribution is 0.855. The van der Waals surface area contributed by atoms with Crippen LogP contribution in [0.25, 0.3) is 0 Å².